The minimum Gasteiger partial charge on any atom is -0.348 e. The lowest BCUT2D eigenvalue weighted by atomic mass is 10.1. The fraction of sp³-hybridized carbons (Fsp3) is 0.471. The maximum absolute atomic E-state index is 12.4. The number of aryl methyl sites for hydroxylation is 2. The molecular weight excluding hydrogens is 312 g/mol. The predicted octanol–water partition coefficient (Wildman–Crippen LogP) is 2.19. The molecule has 0 spiro atoms. The summed E-state index contributed by atoms with van der Waals surface area (Å²) in [4.78, 5) is 12.4. The van der Waals surface area contributed by atoms with E-state index in [9.17, 15) is 13.2 Å². The first kappa shape index (κ1) is 16.1. The molecule has 1 aromatic heterocycles. The van der Waals surface area contributed by atoms with Crippen LogP contribution in [0.5, 0.6) is 0 Å². The Morgan fingerprint density at radius 2 is 2.09 bits per heavy atom. The fourth-order valence-electron chi connectivity index (χ4n) is 3.38. The average Bonchev–Trinajstić information content (AvgIpc) is 2.96. The summed E-state index contributed by atoms with van der Waals surface area (Å²) in [6.45, 7) is 7.14. The molecule has 1 aliphatic heterocycles. The number of rotatable bonds is 3. The summed E-state index contributed by atoms with van der Waals surface area (Å²) >= 11 is 0. The van der Waals surface area contributed by atoms with E-state index in [0.29, 0.717) is 12.0 Å². The molecule has 5 nitrogen and oxygen atoms in total. The highest BCUT2D eigenvalue weighted by atomic mass is 32.2. The Hall–Kier alpha value is -1.82. The molecule has 1 aliphatic rings. The molecule has 23 heavy (non-hydrogen) atoms. The van der Waals surface area contributed by atoms with E-state index in [2.05, 4.69) is 30.7 Å². The van der Waals surface area contributed by atoms with Crippen LogP contribution in [0.25, 0.3) is 10.9 Å². The van der Waals surface area contributed by atoms with Gasteiger partial charge in [0, 0.05) is 34.7 Å². The van der Waals surface area contributed by atoms with Crippen LogP contribution in [0.3, 0.4) is 0 Å². The van der Waals surface area contributed by atoms with Crippen LogP contribution in [-0.4, -0.2) is 36.4 Å². The number of nitrogens with one attached hydrogen (secondary N) is 1. The number of nitrogens with zero attached hydrogens (tertiary/aromatic N) is 1. The molecule has 1 aromatic carbocycles. The lowest BCUT2D eigenvalue weighted by molar-refractivity contribution is 0.0941. The van der Waals surface area contributed by atoms with Gasteiger partial charge >= 0.3 is 0 Å². The van der Waals surface area contributed by atoms with Crippen LogP contribution in [0.2, 0.25) is 0 Å². The van der Waals surface area contributed by atoms with E-state index in [0.717, 1.165) is 17.4 Å². The van der Waals surface area contributed by atoms with Crippen molar-refractivity contribution in [2.24, 2.45) is 0 Å². The molecule has 1 amide bonds. The Morgan fingerprint density at radius 1 is 1.35 bits per heavy atom. The normalized spacial score (nSPS) is 20.0. The van der Waals surface area contributed by atoms with Gasteiger partial charge in [-0.3, -0.25) is 4.79 Å². The van der Waals surface area contributed by atoms with E-state index in [1.165, 1.54) is 11.3 Å². The summed E-state index contributed by atoms with van der Waals surface area (Å²) in [5.41, 5.74) is 4.10. The fourth-order valence-corrected chi connectivity index (χ4v) is 5.05. The Kier molecular flexibility index (Phi) is 3.96. The topological polar surface area (TPSA) is 68.2 Å². The Balaban J connectivity index is 1.89. The zero-order valence-electron chi connectivity index (χ0n) is 13.7. The van der Waals surface area contributed by atoms with Crippen molar-refractivity contribution >= 4 is 26.6 Å². The minimum atomic E-state index is -2.99. The molecule has 0 bridgehead atoms. The van der Waals surface area contributed by atoms with Crippen LogP contribution >= 0.6 is 0 Å². The van der Waals surface area contributed by atoms with Gasteiger partial charge in [0.1, 0.15) is 0 Å². The van der Waals surface area contributed by atoms with Gasteiger partial charge in [-0.05, 0) is 51.0 Å². The van der Waals surface area contributed by atoms with Crippen molar-refractivity contribution in [3.63, 3.8) is 0 Å². The van der Waals surface area contributed by atoms with Gasteiger partial charge in [0.2, 0.25) is 0 Å². The molecule has 1 atom stereocenters. The van der Waals surface area contributed by atoms with Crippen LogP contribution in [0, 0.1) is 13.8 Å². The lowest BCUT2D eigenvalue weighted by Gasteiger charge is -2.11. The zero-order valence-corrected chi connectivity index (χ0v) is 14.5. The average molecular weight is 334 g/mol. The molecule has 2 heterocycles. The van der Waals surface area contributed by atoms with Gasteiger partial charge in [0.25, 0.3) is 5.91 Å². The summed E-state index contributed by atoms with van der Waals surface area (Å²) < 4.78 is 25.2. The maximum Gasteiger partial charge on any atom is 0.251 e. The van der Waals surface area contributed by atoms with Gasteiger partial charge in [-0.2, -0.15) is 0 Å². The first-order valence-corrected chi connectivity index (χ1v) is 9.75. The van der Waals surface area contributed by atoms with Gasteiger partial charge in [-0.1, -0.05) is 0 Å². The smallest absolute Gasteiger partial charge is 0.251 e. The Bertz CT molecular complexity index is 881. The number of hydrogen-bond donors (Lipinski definition) is 1. The van der Waals surface area contributed by atoms with Crippen molar-refractivity contribution in [2.75, 3.05) is 11.5 Å². The molecule has 0 aliphatic carbocycles. The summed E-state index contributed by atoms with van der Waals surface area (Å²) in [6.07, 6.45) is 0.501. The zero-order chi connectivity index (χ0) is 16.8. The third-order valence-corrected chi connectivity index (χ3v) is 6.55. The number of sulfone groups is 1. The molecule has 124 valence electrons. The second kappa shape index (κ2) is 5.67. The van der Waals surface area contributed by atoms with Gasteiger partial charge in [0.15, 0.2) is 9.84 Å². The first-order chi connectivity index (χ1) is 10.8. The van der Waals surface area contributed by atoms with Gasteiger partial charge in [0.05, 0.1) is 11.5 Å². The van der Waals surface area contributed by atoms with Crippen LogP contribution in [0.1, 0.15) is 35.0 Å². The monoisotopic (exact) mass is 334 g/mol. The lowest BCUT2D eigenvalue weighted by Crippen LogP contribution is -2.35. The Morgan fingerprint density at radius 3 is 2.70 bits per heavy atom. The highest BCUT2D eigenvalue weighted by Crippen LogP contribution is 2.26. The summed E-state index contributed by atoms with van der Waals surface area (Å²) in [7, 11) is -2.99. The molecule has 1 N–H and O–H groups in total. The van der Waals surface area contributed by atoms with Crippen LogP contribution in [0.4, 0.5) is 0 Å². The quantitative estimate of drug-likeness (QED) is 0.935. The SMILES string of the molecule is CCn1c(C)c(C)c2cc(C(=O)NC3CCS(=O)(=O)C3)ccc21. The number of aromatic nitrogens is 1. The minimum absolute atomic E-state index is 0.0470. The molecule has 3 rings (SSSR count). The number of carbonyl (C=O) groups is 1. The van der Waals surface area contributed by atoms with Gasteiger partial charge < -0.3 is 9.88 Å². The van der Waals surface area contributed by atoms with Crippen LogP contribution < -0.4 is 5.32 Å². The number of fused-ring (bicyclic) bond motifs is 1. The van der Waals surface area contributed by atoms with Crippen molar-refractivity contribution in [2.45, 2.75) is 39.8 Å². The molecule has 0 radical (unpaired) electrons. The molecule has 0 saturated carbocycles. The number of benzene rings is 1. The van der Waals surface area contributed by atoms with E-state index in [-0.39, 0.29) is 23.5 Å². The third-order valence-electron chi connectivity index (χ3n) is 4.79. The van der Waals surface area contributed by atoms with Crippen molar-refractivity contribution in [3.05, 3.63) is 35.0 Å². The van der Waals surface area contributed by atoms with E-state index >= 15 is 0 Å². The first-order valence-electron chi connectivity index (χ1n) is 7.93. The van der Waals surface area contributed by atoms with Crippen molar-refractivity contribution < 1.29 is 13.2 Å². The summed E-state index contributed by atoms with van der Waals surface area (Å²) in [5.74, 6) is 0.00951. The standard InChI is InChI=1S/C17H22N2O3S/c1-4-19-12(3)11(2)15-9-13(5-6-16(15)19)17(20)18-14-7-8-23(21,22)10-14/h5-6,9,14H,4,7-8,10H2,1-3H3,(H,18,20). The number of amides is 1. The highest BCUT2D eigenvalue weighted by Gasteiger charge is 2.29. The van der Waals surface area contributed by atoms with Gasteiger partial charge in [-0.15, -0.1) is 0 Å². The van der Waals surface area contributed by atoms with E-state index < -0.39 is 9.84 Å². The molecule has 2 aromatic rings. The van der Waals surface area contributed by atoms with E-state index in [1.807, 2.05) is 18.2 Å². The molecule has 1 fully saturated rings. The largest absolute Gasteiger partial charge is 0.348 e. The second-order valence-electron chi connectivity index (χ2n) is 6.26. The van der Waals surface area contributed by atoms with Crippen LogP contribution in [0.15, 0.2) is 18.2 Å². The summed E-state index contributed by atoms with van der Waals surface area (Å²) in [6, 6.07) is 5.42. The third kappa shape index (κ3) is 2.87. The van der Waals surface area contributed by atoms with Gasteiger partial charge in [-0.25, -0.2) is 8.42 Å². The Labute approximate surface area is 136 Å². The van der Waals surface area contributed by atoms with Crippen molar-refractivity contribution in [3.8, 4) is 0 Å². The summed E-state index contributed by atoms with van der Waals surface area (Å²) in [5, 5.41) is 3.93. The predicted molar refractivity (Wildman–Crippen MR) is 91.6 cm³/mol. The second-order valence-corrected chi connectivity index (χ2v) is 8.49. The van der Waals surface area contributed by atoms with Crippen LogP contribution in [-0.2, 0) is 16.4 Å². The van der Waals surface area contributed by atoms with E-state index in [4.69, 9.17) is 0 Å². The molecule has 1 unspecified atom stereocenters. The van der Waals surface area contributed by atoms with E-state index in [1.54, 1.807) is 0 Å². The van der Waals surface area contributed by atoms with Crippen molar-refractivity contribution in [1.82, 2.24) is 9.88 Å². The van der Waals surface area contributed by atoms with Crippen molar-refractivity contribution in [1.29, 1.82) is 0 Å². The number of carbonyl (C=O) groups excluding carboxylic acids is 1. The highest BCUT2D eigenvalue weighted by molar-refractivity contribution is 7.91. The molecule has 6 heteroatoms. The maximum atomic E-state index is 12.4. The number of hydrogen-bond acceptors (Lipinski definition) is 3. The molecule has 1 saturated heterocycles. The molecular formula is C17H22N2O3S.